The van der Waals surface area contributed by atoms with E-state index in [0.717, 1.165) is 18.4 Å². The lowest BCUT2D eigenvalue weighted by molar-refractivity contribution is 0.0924. The van der Waals surface area contributed by atoms with Gasteiger partial charge in [0.05, 0.1) is 16.5 Å². The molecule has 2 fully saturated rings. The summed E-state index contributed by atoms with van der Waals surface area (Å²) >= 11 is 0. The quantitative estimate of drug-likeness (QED) is 0.714. The fourth-order valence-corrected chi connectivity index (χ4v) is 5.68. The smallest absolute Gasteiger partial charge is 0.255 e. The van der Waals surface area contributed by atoms with Gasteiger partial charge in [-0.3, -0.25) is 14.6 Å². The summed E-state index contributed by atoms with van der Waals surface area (Å²) in [5, 5.41) is 5.64. The van der Waals surface area contributed by atoms with Gasteiger partial charge in [0.2, 0.25) is 10.0 Å². The van der Waals surface area contributed by atoms with Gasteiger partial charge in [-0.1, -0.05) is 12.1 Å². The Morgan fingerprint density at radius 3 is 2.32 bits per heavy atom. The van der Waals surface area contributed by atoms with Crippen LogP contribution in [0.4, 0.5) is 5.69 Å². The normalized spacial score (nSPS) is 17.8. The number of piperidine rings is 1. The highest BCUT2D eigenvalue weighted by molar-refractivity contribution is 7.90. The van der Waals surface area contributed by atoms with Crippen molar-refractivity contribution in [2.45, 2.75) is 43.9 Å². The number of carbonyl (C=O) groups excluding carboxylic acids is 2. The largest absolute Gasteiger partial charge is 0.349 e. The molecule has 2 aromatic rings. The molecule has 4 rings (SSSR count). The Morgan fingerprint density at radius 1 is 1.00 bits per heavy atom. The summed E-state index contributed by atoms with van der Waals surface area (Å²) in [6.07, 6.45) is 5.72. The first-order chi connectivity index (χ1) is 14.9. The highest BCUT2D eigenvalue weighted by Crippen LogP contribution is 2.32. The van der Waals surface area contributed by atoms with Gasteiger partial charge in [-0.05, 0) is 56.4 Å². The summed E-state index contributed by atoms with van der Waals surface area (Å²) in [4.78, 5) is 29.5. The minimum atomic E-state index is -3.18. The molecule has 2 amide bonds. The predicted molar refractivity (Wildman–Crippen MR) is 117 cm³/mol. The molecule has 2 N–H and O–H groups in total. The van der Waals surface area contributed by atoms with Gasteiger partial charge in [0.15, 0.2) is 0 Å². The molecule has 1 aliphatic heterocycles. The molecular formula is C22H26N4O4S. The van der Waals surface area contributed by atoms with Crippen molar-refractivity contribution in [3.05, 3.63) is 59.4 Å². The number of rotatable bonds is 6. The first-order valence-corrected chi connectivity index (χ1v) is 12.0. The summed E-state index contributed by atoms with van der Waals surface area (Å²) in [6, 6.07) is 8.39. The van der Waals surface area contributed by atoms with Crippen LogP contribution in [0.2, 0.25) is 0 Å². The Balaban J connectivity index is 1.42. The Hall–Kier alpha value is -2.78. The monoisotopic (exact) mass is 442 g/mol. The van der Waals surface area contributed by atoms with Crippen LogP contribution >= 0.6 is 0 Å². The molecule has 8 nitrogen and oxygen atoms in total. The van der Waals surface area contributed by atoms with E-state index in [0.29, 0.717) is 42.7 Å². The van der Waals surface area contributed by atoms with Crippen molar-refractivity contribution >= 4 is 27.5 Å². The van der Waals surface area contributed by atoms with Crippen molar-refractivity contribution in [3.63, 3.8) is 0 Å². The summed E-state index contributed by atoms with van der Waals surface area (Å²) in [5.74, 6) is -0.596. The van der Waals surface area contributed by atoms with Gasteiger partial charge >= 0.3 is 0 Å². The molecule has 0 atom stereocenters. The molecular weight excluding hydrogens is 416 g/mol. The van der Waals surface area contributed by atoms with Crippen LogP contribution in [-0.2, 0) is 10.0 Å². The van der Waals surface area contributed by atoms with Gasteiger partial charge in [-0.25, -0.2) is 12.7 Å². The van der Waals surface area contributed by atoms with Crippen LogP contribution in [0.25, 0.3) is 0 Å². The van der Waals surface area contributed by atoms with Crippen LogP contribution in [0.15, 0.2) is 42.7 Å². The maximum Gasteiger partial charge on any atom is 0.255 e. The third-order valence-electron chi connectivity index (χ3n) is 5.79. The molecule has 1 aliphatic carbocycles. The number of benzene rings is 1. The van der Waals surface area contributed by atoms with Crippen molar-refractivity contribution in [1.82, 2.24) is 14.6 Å². The van der Waals surface area contributed by atoms with E-state index in [4.69, 9.17) is 0 Å². The van der Waals surface area contributed by atoms with E-state index in [1.54, 1.807) is 28.6 Å². The number of sulfonamides is 1. The molecule has 31 heavy (non-hydrogen) atoms. The van der Waals surface area contributed by atoms with Crippen molar-refractivity contribution in [1.29, 1.82) is 0 Å². The molecule has 1 saturated heterocycles. The van der Waals surface area contributed by atoms with E-state index in [1.807, 2.05) is 13.0 Å². The zero-order chi connectivity index (χ0) is 22.0. The first kappa shape index (κ1) is 21.5. The average molecular weight is 443 g/mol. The number of nitrogens with one attached hydrogen (secondary N) is 2. The number of aryl methyl sites for hydroxylation is 1. The second-order valence-electron chi connectivity index (χ2n) is 8.08. The average Bonchev–Trinajstić information content (AvgIpc) is 3.62. The van der Waals surface area contributed by atoms with E-state index < -0.39 is 10.0 Å². The third-order valence-corrected chi connectivity index (χ3v) is 8.19. The van der Waals surface area contributed by atoms with E-state index in [1.165, 1.54) is 12.4 Å². The summed E-state index contributed by atoms with van der Waals surface area (Å²) < 4.78 is 26.3. The standard InChI is InChI=1S/C22H26N4O4S/c1-15-3-2-4-19(20(15)25-21(27)16-7-11-23-12-8-16)22(28)24-17-9-13-26(14-10-17)31(29,30)18-5-6-18/h2-4,7-8,11-12,17-18H,5-6,9-10,13-14H2,1H3,(H,24,28)(H,25,27). The minimum Gasteiger partial charge on any atom is -0.349 e. The lowest BCUT2D eigenvalue weighted by Gasteiger charge is -2.31. The Labute approximate surface area is 182 Å². The van der Waals surface area contributed by atoms with Gasteiger partial charge in [0.25, 0.3) is 11.8 Å². The number of hydrogen-bond acceptors (Lipinski definition) is 5. The molecule has 1 aromatic heterocycles. The second-order valence-corrected chi connectivity index (χ2v) is 10.3. The number of hydrogen-bond donors (Lipinski definition) is 2. The maximum absolute atomic E-state index is 13.0. The molecule has 164 valence electrons. The number of nitrogens with zero attached hydrogens (tertiary/aromatic N) is 2. The van der Waals surface area contributed by atoms with Crippen LogP contribution in [-0.4, -0.2) is 53.9 Å². The van der Waals surface area contributed by atoms with Crippen LogP contribution in [0, 0.1) is 6.92 Å². The van der Waals surface area contributed by atoms with Crippen LogP contribution in [0.5, 0.6) is 0 Å². The lowest BCUT2D eigenvalue weighted by atomic mass is 10.0. The van der Waals surface area contributed by atoms with Gasteiger partial charge in [-0.2, -0.15) is 0 Å². The molecule has 0 radical (unpaired) electrons. The molecule has 0 unspecified atom stereocenters. The fourth-order valence-electron chi connectivity index (χ4n) is 3.81. The fraction of sp³-hybridized carbons (Fsp3) is 0.409. The van der Waals surface area contributed by atoms with Crippen LogP contribution < -0.4 is 10.6 Å². The van der Waals surface area contributed by atoms with E-state index in [2.05, 4.69) is 15.6 Å². The van der Waals surface area contributed by atoms with Gasteiger partial charge in [0, 0.05) is 37.1 Å². The summed E-state index contributed by atoms with van der Waals surface area (Å²) in [5.41, 5.74) is 2.08. The number of aromatic nitrogens is 1. The van der Waals surface area contributed by atoms with Crippen molar-refractivity contribution in [3.8, 4) is 0 Å². The maximum atomic E-state index is 13.0. The van der Waals surface area contributed by atoms with E-state index >= 15 is 0 Å². The third kappa shape index (κ3) is 4.77. The molecule has 0 bridgehead atoms. The first-order valence-electron chi connectivity index (χ1n) is 10.5. The number of carbonyl (C=O) groups is 2. The van der Waals surface area contributed by atoms with Crippen LogP contribution in [0.1, 0.15) is 52.0 Å². The molecule has 0 spiro atoms. The minimum absolute atomic E-state index is 0.109. The summed E-state index contributed by atoms with van der Waals surface area (Å²) in [7, 11) is -3.18. The Bertz CT molecular complexity index is 1080. The molecule has 2 heterocycles. The molecule has 1 aromatic carbocycles. The van der Waals surface area contributed by atoms with Gasteiger partial charge in [-0.15, -0.1) is 0 Å². The Morgan fingerprint density at radius 2 is 1.68 bits per heavy atom. The van der Waals surface area contributed by atoms with Gasteiger partial charge in [0.1, 0.15) is 0 Å². The topological polar surface area (TPSA) is 108 Å². The Kier molecular flexibility index (Phi) is 6.06. The van der Waals surface area contributed by atoms with E-state index in [-0.39, 0.29) is 23.1 Å². The van der Waals surface area contributed by atoms with Crippen molar-refractivity contribution in [2.75, 3.05) is 18.4 Å². The molecule has 2 aliphatic rings. The number of para-hydroxylation sites is 1. The molecule has 1 saturated carbocycles. The highest BCUT2D eigenvalue weighted by atomic mass is 32.2. The summed E-state index contributed by atoms with van der Waals surface area (Å²) in [6.45, 7) is 2.67. The zero-order valence-corrected chi connectivity index (χ0v) is 18.2. The van der Waals surface area contributed by atoms with Crippen LogP contribution in [0.3, 0.4) is 0 Å². The second kappa shape index (κ2) is 8.76. The number of amides is 2. The predicted octanol–water partition coefficient (Wildman–Crippen LogP) is 2.33. The van der Waals surface area contributed by atoms with E-state index in [9.17, 15) is 18.0 Å². The number of pyridine rings is 1. The number of anilines is 1. The SMILES string of the molecule is Cc1cccc(C(=O)NC2CCN(S(=O)(=O)C3CC3)CC2)c1NC(=O)c1ccncc1. The lowest BCUT2D eigenvalue weighted by Crippen LogP contribution is -2.47. The molecule has 9 heteroatoms. The van der Waals surface area contributed by atoms with Crippen molar-refractivity contribution < 1.29 is 18.0 Å². The van der Waals surface area contributed by atoms with Gasteiger partial charge < -0.3 is 10.6 Å². The highest BCUT2D eigenvalue weighted by Gasteiger charge is 2.41. The van der Waals surface area contributed by atoms with Crippen molar-refractivity contribution in [2.24, 2.45) is 0 Å². The zero-order valence-electron chi connectivity index (χ0n) is 17.4.